The summed E-state index contributed by atoms with van der Waals surface area (Å²) >= 11 is 0. The van der Waals surface area contributed by atoms with Gasteiger partial charge in [-0.15, -0.1) is 0 Å². The van der Waals surface area contributed by atoms with Gasteiger partial charge >= 0.3 is 0 Å². The molecule has 2 aromatic heterocycles. The van der Waals surface area contributed by atoms with Crippen LogP contribution in [-0.4, -0.2) is 21.8 Å². The van der Waals surface area contributed by atoms with Crippen LogP contribution in [0.25, 0.3) is 10.8 Å². The SMILES string of the molecule is NC(=O)c1cc(CNc2ccccc2C(=O)Nc2cc3ccccc3cn2)ccn1. The van der Waals surface area contributed by atoms with Crippen molar-refractivity contribution in [1.29, 1.82) is 0 Å². The lowest BCUT2D eigenvalue weighted by molar-refractivity contribution is 0.0993. The van der Waals surface area contributed by atoms with Crippen LogP contribution in [0.5, 0.6) is 0 Å². The average molecular weight is 397 g/mol. The average Bonchev–Trinajstić information content (AvgIpc) is 2.78. The summed E-state index contributed by atoms with van der Waals surface area (Å²) in [6, 6.07) is 20.3. The molecule has 0 aliphatic carbocycles. The number of rotatable bonds is 6. The van der Waals surface area contributed by atoms with E-state index < -0.39 is 5.91 Å². The number of fused-ring (bicyclic) bond motifs is 1. The quantitative estimate of drug-likeness (QED) is 0.460. The van der Waals surface area contributed by atoms with Crippen molar-refractivity contribution < 1.29 is 9.59 Å². The van der Waals surface area contributed by atoms with Gasteiger partial charge in [0.05, 0.1) is 5.56 Å². The predicted octanol–water partition coefficient (Wildman–Crippen LogP) is 3.59. The molecule has 0 bridgehead atoms. The maximum atomic E-state index is 12.9. The van der Waals surface area contributed by atoms with Crippen molar-refractivity contribution in [2.24, 2.45) is 5.73 Å². The Kier molecular flexibility index (Phi) is 5.34. The third-order valence-corrected chi connectivity index (χ3v) is 4.60. The van der Waals surface area contributed by atoms with E-state index in [1.54, 1.807) is 30.5 Å². The summed E-state index contributed by atoms with van der Waals surface area (Å²) in [6.07, 6.45) is 3.26. The molecule has 0 saturated heterocycles. The number of para-hydroxylation sites is 1. The molecule has 0 spiro atoms. The minimum absolute atomic E-state index is 0.197. The van der Waals surface area contributed by atoms with Crippen molar-refractivity contribution in [1.82, 2.24) is 9.97 Å². The van der Waals surface area contributed by atoms with E-state index in [0.717, 1.165) is 16.3 Å². The zero-order valence-electron chi connectivity index (χ0n) is 16.0. The zero-order chi connectivity index (χ0) is 20.9. The Morgan fingerprint density at radius 2 is 1.67 bits per heavy atom. The molecule has 4 aromatic rings. The van der Waals surface area contributed by atoms with Crippen LogP contribution in [0.3, 0.4) is 0 Å². The van der Waals surface area contributed by atoms with Gasteiger partial charge in [0.25, 0.3) is 11.8 Å². The first kappa shape index (κ1) is 19.1. The largest absolute Gasteiger partial charge is 0.380 e. The lowest BCUT2D eigenvalue weighted by Gasteiger charge is -2.12. The van der Waals surface area contributed by atoms with Gasteiger partial charge in [-0.3, -0.25) is 14.6 Å². The highest BCUT2D eigenvalue weighted by atomic mass is 16.2. The normalized spacial score (nSPS) is 10.5. The number of carbonyl (C=O) groups excluding carboxylic acids is 2. The number of nitrogens with one attached hydrogen (secondary N) is 2. The number of nitrogens with zero attached hydrogens (tertiary/aromatic N) is 2. The van der Waals surface area contributed by atoms with E-state index in [1.165, 1.54) is 6.20 Å². The van der Waals surface area contributed by atoms with Crippen molar-refractivity contribution in [2.45, 2.75) is 6.54 Å². The standard InChI is InChI=1S/C23H19N5O2/c24-22(29)20-11-15(9-10-25-20)13-26-19-8-4-3-7-18(19)23(30)28-21-12-16-5-1-2-6-17(16)14-27-21/h1-12,14,26H,13H2,(H2,24,29)(H,27,28,30). The Balaban J connectivity index is 1.51. The van der Waals surface area contributed by atoms with Crippen LogP contribution in [0.15, 0.2) is 79.1 Å². The van der Waals surface area contributed by atoms with Crippen LogP contribution in [0.1, 0.15) is 26.4 Å². The first-order chi connectivity index (χ1) is 14.6. The second-order valence-corrected chi connectivity index (χ2v) is 6.68. The molecule has 2 heterocycles. The maximum absolute atomic E-state index is 12.9. The van der Waals surface area contributed by atoms with Crippen LogP contribution in [0.4, 0.5) is 11.5 Å². The Morgan fingerprint density at radius 3 is 2.50 bits per heavy atom. The molecule has 0 fully saturated rings. The summed E-state index contributed by atoms with van der Waals surface area (Å²) in [6.45, 7) is 0.404. The molecule has 30 heavy (non-hydrogen) atoms. The monoisotopic (exact) mass is 397 g/mol. The van der Waals surface area contributed by atoms with Crippen LogP contribution in [-0.2, 0) is 6.54 Å². The lowest BCUT2D eigenvalue weighted by Crippen LogP contribution is -2.16. The molecular formula is C23H19N5O2. The summed E-state index contributed by atoms with van der Waals surface area (Å²) in [7, 11) is 0. The summed E-state index contributed by atoms with van der Waals surface area (Å²) < 4.78 is 0. The van der Waals surface area contributed by atoms with Crippen molar-refractivity contribution in [3.8, 4) is 0 Å². The smallest absolute Gasteiger partial charge is 0.267 e. The van der Waals surface area contributed by atoms with Gasteiger partial charge in [-0.2, -0.15) is 0 Å². The van der Waals surface area contributed by atoms with Crippen molar-refractivity contribution >= 4 is 34.1 Å². The molecule has 0 atom stereocenters. The third kappa shape index (κ3) is 4.25. The first-order valence-corrected chi connectivity index (χ1v) is 9.34. The number of benzene rings is 2. The molecule has 0 aliphatic heterocycles. The van der Waals surface area contributed by atoms with E-state index in [4.69, 9.17) is 5.73 Å². The van der Waals surface area contributed by atoms with Crippen LogP contribution < -0.4 is 16.4 Å². The van der Waals surface area contributed by atoms with Crippen LogP contribution >= 0.6 is 0 Å². The molecule has 0 radical (unpaired) electrons. The summed E-state index contributed by atoms with van der Waals surface area (Å²) in [5, 5.41) is 8.08. The molecule has 4 rings (SSSR count). The van der Waals surface area contributed by atoms with Gasteiger partial charge in [-0.05, 0) is 41.3 Å². The topological polar surface area (TPSA) is 110 Å². The number of pyridine rings is 2. The molecule has 4 N–H and O–H groups in total. The second-order valence-electron chi connectivity index (χ2n) is 6.68. The number of anilines is 2. The fourth-order valence-corrected chi connectivity index (χ4v) is 3.09. The van der Waals surface area contributed by atoms with E-state index in [9.17, 15) is 9.59 Å². The summed E-state index contributed by atoms with van der Waals surface area (Å²) in [5.41, 5.74) is 7.45. The Morgan fingerprint density at radius 1 is 0.900 bits per heavy atom. The summed E-state index contributed by atoms with van der Waals surface area (Å²) in [4.78, 5) is 32.4. The second kappa shape index (κ2) is 8.40. The van der Waals surface area contributed by atoms with Crippen molar-refractivity contribution in [2.75, 3.05) is 10.6 Å². The molecule has 2 amide bonds. The highest BCUT2D eigenvalue weighted by Gasteiger charge is 2.12. The predicted molar refractivity (Wildman–Crippen MR) is 116 cm³/mol. The lowest BCUT2D eigenvalue weighted by atomic mass is 10.1. The molecular weight excluding hydrogens is 378 g/mol. The van der Waals surface area contributed by atoms with Gasteiger partial charge in [0.2, 0.25) is 0 Å². The number of carbonyl (C=O) groups is 2. The zero-order valence-corrected chi connectivity index (χ0v) is 16.0. The molecule has 2 aromatic carbocycles. The van der Waals surface area contributed by atoms with E-state index >= 15 is 0 Å². The summed E-state index contributed by atoms with van der Waals surface area (Å²) in [5.74, 6) is -0.373. The van der Waals surface area contributed by atoms with Gasteiger partial charge in [0.15, 0.2) is 0 Å². The number of aromatic nitrogens is 2. The van der Waals surface area contributed by atoms with E-state index in [0.29, 0.717) is 23.6 Å². The number of nitrogens with two attached hydrogens (primary N) is 1. The fraction of sp³-hybridized carbons (Fsp3) is 0.0435. The molecule has 148 valence electrons. The van der Waals surface area contributed by atoms with E-state index in [1.807, 2.05) is 42.5 Å². The molecule has 7 nitrogen and oxygen atoms in total. The number of amides is 2. The van der Waals surface area contributed by atoms with Crippen molar-refractivity contribution in [3.63, 3.8) is 0 Å². The minimum Gasteiger partial charge on any atom is -0.380 e. The number of hydrogen-bond acceptors (Lipinski definition) is 5. The highest BCUT2D eigenvalue weighted by molar-refractivity contribution is 6.08. The highest BCUT2D eigenvalue weighted by Crippen LogP contribution is 2.20. The Bertz CT molecular complexity index is 1240. The third-order valence-electron chi connectivity index (χ3n) is 4.60. The van der Waals surface area contributed by atoms with Gasteiger partial charge < -0.3 is 16.4 Å². The van der Waals surface area contributed by atoms with E-state index in [-0.39, 0.29) is 11.6 Å². The van der Waals surface area contributed by atoms with Gasteiger partial charge in [0.1, 0.15) is 11.5 Å². The molecule has 0 saturated carbocycles. The van der Waals surface area contributed by atoms with E-state index in [2.05, 4.69) is 20.6 Å². The Labute approximate surface area is 173 Å². The maximum Gasteiger partial charge on any atom is 0.267 e. The Hall–Kier alpha value is -4.26. The van der Waals surface area contributed by atoms with Gasteiger partial charge in [0, 0.05) is 30.0 Å². The number of primary amides is 1. The molecule has 0 unspecified atom stereocenters. The minimum atomic E-state index is -0.584. The van der Waals surface area contributed by atoms with Gasteiger partial charge in [-0.25, -0.2) is 4.98 Å². The molecule has 7 heteroatoms. The van der Waals surface area contributed by atoms with Gasteiger partial charge in [-0.1, -0.05) is 36.4 Å². The van der Waals surface area contributed by atoms with Crippen LogP contribution in [0.2, 0.25) is 0 Å². The van der Waals surface area contributed by atoms with Crippen molar-refractivity contribution in [3.05, 3.63) is 95.9 Å². The van der Waals surface area contributed by atoms with Crippen LogP contribution in [0, 0.1) is 0 Å². The molecule has 0 aliphatic rings. The first-order valence-electron chi connectivity index (χ1n) is 9.34. The fourth-order valence-electron chi connectivity index (χ4n) is 3.09. The number of hydrogen-bond donors (Lipinski definition) is 3.